The number of aromatic nitrogens is 4. The van der Waals surface area contributed by atoms with Gasteiger partial charge in [0.15, 0.2) is 0 Å². The topological polar surface area (TPSA) is 72.7 Å². The maximum Gasteiger partial charge on any atom is 0.251 e. The van der Waals surface area contributed by atoms with Crippen LogP contribution in [0.4, 0.5) is 0 Å². The molecule has 0 unspecified atom stereocenters. The molecule has 0 saturated heterocycles. The van der Waals surface area contributed by atoms with E-state index in [2.05, 4.69) is 20.4 Å². The molecule has 0 bridgehead atoms. The highest BCUT2D eigenvalue weighted by molar-refractivity contribution is 5.95. The molecule has 0 fully saturated rings. The third-order valence-electron chi connectivity index (χ3n) is 4.14. The third kappa shape index (κ3) is 3.57. The van der Waals surface area contributed by atoms with Crippen molar-refractivity contribution in [2.75, 3.05) is 0 Å². The Hall–Kier alpha value is -3.02. The Kier molecular flexibility index (Phi) is 4.61. The minimum atomic E-state index is -0.230. The first-order valence-electron chi connectivity index (χ1n) is 8.15. The standard InChI is InChI=1S/C19H21N5O/c1-12-8-9-17(13(2)22-12)15-6-5-7-16(10-15)19(25)23-14(3)18-20-11-21-24(18)4/h5-11,14H,1-4H3,(H,23,25)/t14-/m1/s1. The Morgan fingerprint density at radius 1 is 1.20 bits per heavy atom. The highest BCUT2D eigenvalue weighted by atomic mass is 16.1. The zero-order valence-electron chi connectivity index (χ0n) is 14.8. The molecule has 128 valence electrons. The van der Waals surface area contributed by atoms with Gasteiger partial charge in [-0.05, 0) is 44.5 Å². The van der Waals surface area contributed by atoms with Crippen molar-refractivity contribution in [3.63, 3.8) is 0 Å². The molecule has 1 amide bonds. The summed E-state index contributed by atoms with van der Waals surface area (Å²) in [5.74, 6) is 0.568. The van der Waals surface area contributed by atoms with E-state index in [0.717, 1.165) is 22.5 Å². The van der Waals surface area contributed by atoms with Crippen molar-refractivity contribution in [3.8, 4) is 11.1 Å². The summed E-state index contributed by atoms with van der Waals surface area (Å²) in [5, 5.41) is 7.00. The number of benzene rings is 1. The van der Waals surface area contributed by atoms with Gasteiger partial charge in [0.1, 0.15) is 12.2 Å². The van der Waals surface area contributed by atoms with Gasteiger partial charge >= 0.3 is 0 Å². The lowest BCUT2D eigenvalue weighted by atomic mass is 10.0. The SMILES string of the molecule is Cc1ccc(-c2cccc(C(=O)N[C@H](C)c3ncnn3C)c2)c(C)n1. The molecule has 1 atom stereocenters. The Labute approximate surface area is 146 Å². The van der Waals surface area contributed by atoms with E-state index in [1.165, 1.54) is 6.33 Å². The quantitative estimate of drug-likeness (QED) is 0.795. The second-order valence-electron chi connectivity index (χ2n) is 6.10. The molecule has 0 spiro atoms. The normalized spacial score (nSPS) is 12.0. The molecule has 3 rings (SSSR count). The van der Waals surface area contributed by atoms with E-state index in [-0.39, 0.29) is 11.9 Å². The number of rotatable bonds is 4. The van der Waals surface area contributed by atoms with E-state index in [0.29, 0.717) is 11.4 Å². The summed E-state index contributed by atoms with van der Waals surface area (Å²) >= 11 is 0. The summed E-state index contributed by atoms with van der Waals surface area (Å²) in [7, 11) is 1.80. The lowest BCUT2D eigenvalue weighted by Gasteiger charge is -2.14. The van der Waals surface area contributed by atoms with Crippen LogP contribution in [0.15, 0.2) is 42.7 Å². The predicted molar refractivity (Wildman–Crippen MR) is 96.0 cm³/mol. The van der Waals surface area contributed by atoms with Crippen LogP contribution in [0.3, 0.4) is 0 Å². The summed E-state index contributed by atoms with van der Waals surface area (Å²) in [6.45, 7) is 5.83. The number of nitrogens with zero attached hydrogens (tertiary/aromatic N) is 4. The van der Waals surface area contributed by atoms with E-state index in [1.54, 1.807) is 17.8 Å². The fourth-order valence-corrected chi connectivity index (χ4v) is 2.86. The fraction of sp³-hybridized carbons (Fsp3) is 0.263. The largest absolute Gasteiger partial charge is 0.342 e. The van der Waals surface area contributed by atoms with Crippen molar-refractivity contribution in [2.24, 2.45) is 7.05 Å². The average Bonchev–Trinajstić information content (AvgIpc) is 3.01. The maximum absolute atomic E-state index is 12.6. The monoisotopic (exact) mass is 335 g/mol. The molecule has 6 heteroatoms. The molecular weight excluding hydrogens is 314 g/mol. The van der Waals surface area contributed by atoms with Crippen LogP contribution in [0, 0.1) is 13.8 Å². The fourth-order valence-electron chi connectivity index (χ4n) is 2.86. The minimum Gasteiger partial charge on any atom is -0.342 e. The van der Waals surface area contributed by atoms with Crippen molar-refractivity contribution in [1.29, 1.82) is 0 Å². The molecule has 0 saturated carbocycles. The van der Waals surface area contributed by atoms with Crippen LogP contribution in [0.2, 0.25) is 0 Å². The van der Waals surface area contributed by atoms with Gasteiger partial charge in [-0.3, -0.25) is 14.5 Å². The zero-order valence-corrected chi connectivity index (χ0v) is 14.8. The first-order chi connectivity index (χ1) is 12.0. The van der Waals surface area contributed by atoms with E-state index < -0.39 is 0 Å². The molecule has 6 nitrogen and oxygen atoms in total. The molecule has 0 aliphatic carbocycles. The summed E-state index contributed by atoms with van der Waals surface area (Å²) in [5.41, 5.74) is 4.54. The van der Waals surface area contributed by atoms with Gasteiger partial charge < -0.3 is 5.32 Å². The number of carbonyl (C=O) groups excluding carboxylic acids is 1. The second-order valence-corrected chi connectivity index (χ2v) is 6.10. The third-order valence-corrected chi connectivity index (χ3v) is 4.14. The molecule has 0 radical (unpaired) electrons. The molecule has 25 heavy (non-hydrogen) atoms. The van der Waals surface area contributed by atoms with E-state index in [1.807, 2.05) is 51.1 Å². The van der Waals surface area contributed by atoms with Gasteiger partial charge in [0, 0.05) is 29.6 Å². The lowest BCUT2D eigenvalue weighted by Crippen LogP contribution is -2.28. The van der Waals surface area contributed by atoms with Gasteiger partial charge in [-0.25, -0.2) is 4.98 Å². The highest BCUT2D eigenvalue weighted by Gasteiger charge is 2.16. The Balaban J connectivity index is 1.83. The van der Waals surface area contributed by atoms with E-state index in [4.69, 9.17) is 0 Å². The van der Waals surface area contributed by atoms with Crippen LogP contribution >= 0.6 is 0 Å². The summed E-state index contributed by atoms with van der Waals surface area (Å²) in [6, 6.07) is 11.4. The number of hydrogen-bond acceptors (Lipinski definition) is 4. The first kappa shape index (κ1) is 16.8. The van der Waals surface area contributed by atoms with E-state index >= 15 is 0 Å². The zero-order chi connectivity index (χ0) is 18.0. The van der Waals surface area contributed by atoms with Crippen molar-refractivity contribution in [2.45, 2.75) is 26.8 Å². The van der Waals surface area contributed by atoms with Crippen molar-refractivity contribution in [3.05, 3.63) is 65.5 Å². The summed E-state index contributed by atoms with van der Waals surface area (Å²) in [4.78, 5) is 21.3. The van der Waals surface area contributed by atoms with Crippen LogP contribution in [-0.2, 0) is 7.05 Å². The van der Waals surface area contributed by atoms with Crippen molar-refractivity contribution < 1.29 is 4.79 Å². The number of hydrogen-bond donors (Lipinski definition) is 1. The number of carbonyl (C=O) groups is 1. The van der Waals surface area contributed by atoms with E-state index in [9.17, 15) is 4.79 Å². The number of nitrogens with one attached hydrogen (secondary N) is 1. The molecule has 2 aromatic heterocycles. The molecule has 1 N–H and O–H groups in total. The van der Waals surface area contributed by atoms with Crippen LogP contribution in [0.1, 0.15) is 40.5 Å². The summed E-state index contributed by atoms with van der Waals surface area (Å²) in [6.07, 6.45) is 1.48. The highest BCUT2D eigenvalue weighted by Crippen LogP contribution is 2.23. The molecular formula is C19H21N5O. The van der Waals surface area contributed by atoms with Gasteiger partial charge in [0.2, 0.25) is 0 Å². The lowest BCUT2D eigenvalue weighted by molar-refractivity contribution is 0.0937. The number of aryl methyl sites for hydroxylation is 3. The van der Waals surface area contributed by atoms with Crippen LogP contribution in [0.25, 0.3) is 11.1 Å². The second kappa shape index (κ2) is 6.84. The van der Waals surface area contributed by atoms with Crippen LogP contribution < -0.4 is 5.32 Å². The summed E-state index contributed by atoms with van der Waals surface area (Å²) < 4.78 is 1.66. The predicted octanol–water partition coefficient (Wildman–Crippen LogP) is 2.98. The Morgan fingerprint density at radius 3 is 2.68 bits per heavy atom. The Morgan fingerprint density at radius 2 is 2.00 bits per heavy atom. The smallest absolute Gasteiger partial charge is 0.251 e. The molecule has 2 heterocycles. The van der Waals surface area contributed by atoms with Crippen molar-refractivity contribution in [1.82, 2.24) is 25.1 Å². The minimum absolute atomic E-state index is 0.143. The molecule has 0 aliphatic heterocycles. The van der Waals surface area contributed by atoms with Crippen LogP contribution in [0.5, 0.6) is 0 Å². The number of pyridine rings is 1. The van der Waals surface area contributed by atoms with Gasteiger partial charge in [0.25, 0.3) is 5.91 Å². The molecule has 3 aromatic rings. The van der Waals surface area contributed by atoms with Gasteiger partial charge in [0.05, 0.1) is 6.04 Å². The molecule has 1 aromatic carbocycles. The van der Waals surface area contributed by atoms with Gasteiger partial charge in [-0.1, -0.05) is 18.2 Å². The maximum atomic E-state index is 12.6. The first-order valence-corrected chi connectivity index (χ1v) is 8.15. The van der Waals surface area contributed by atoms with Crippen molar-refractivity contribution >= 4 is 5.91 Å². The van der Waals surface area contributed by atoms with Crippen LogP contribution in [-0.4, -0.2) is 25.7 Å². The number of amides is 1. The Bertz CT molecular complexity index is 916. The van der Waals surface area contributed by atoms with Gasteiger partial charge in [-0.15, -0.1) is 0 Å². The van der Waals surface area contributed by atoms with Gasteiger partial charge in [-0.2, -0.15) is 5.10 Å². The average molecular weight is 335 g/mol. The molecule has 0 aliphatic rings.